The lowest BCUT2D eigenvalue weighted by Gasteiger charge is -2.21. The first-order chi connectivity index (χ1) is 7.22. The van der Waals surface area contributed by atoms with Crippen LogP contribution in [0.5, 0.6) is 0 Å². The van der Waals surface area contributed by atoms with Gasteiger partial charge in [-0.25, -0.2) is 9.52 Å². The second kappa shape index (κ2) is 6.41. The topological polar surface area (TPSA) is 84.5 Å². The third kappa shape index (κ3) is 7.02. The van der Waals surface area contributed by atoms with Gasteiger partial charge in [0.25, 0.3) is 0 Å². The number of halogens is 1. The second-order valence-electron chi connectivity index (χ2n) is 3.94. The van der Waals surface area contributed by atoms with Crippen LogP contribution in [0.25, 0.3) is 0 Å². The van der Waals surface area contributed by atoms with Gasteiger partial charge < -0.3 is 4.74 Å². The Bertz CT molecular complexity index is 329. The Morgan fingerprint density at radius 3 is 2.44 bits per heavy atom. The van der Waals surface area contributed by atoms with Crippen molar-refractivity contribution in [2.75, 3.05) is 18.5 Å². The number of nitrogens with one attached hydrogen (secondary N) is 2. The molecule has 0 aromatic rings. The van der Waals surface area contributed by atoms with Crippen LogP contribution in [-0.2, 0) is 14.9 Å². The SMILES string of the molecule is CCOC(=O)NS(=O)(=O)NCC(C)(C)CBr. The van der Waals surface area contributed by atoms with Gasteiger partial charge in [0.05, 0.1) is 6.61 Å². The number of hydrogen-bond donors (Lipinski definition) is 2. The molecule has 0 atom stereocenters. The van der Waals surface area contributed by atoms with E-state index in [1.54, 1.807) is 11.6 Å². The Balaban J connectivity index is 4.21. The summed E-state index contributed by atoms with van der Waals surface area (Å²) in [7, 11) is -3.84. The van der Waals surface area contributed by atoms with Crippen molar-refractivity contribution in [3.05, 3.63) is 0 Å². The predicted molar refractivity (Wildman–Crippen MR) is 64.7 cm³/mol. The number of amides is 1. The lowest BCUT2D eigenvalue weighted by Crippen LogP contribution is -2.44. The Hall–Kier alpha value is -0.340. The molecule has 0 aromatic carbocycles. The lowest BCUT2D eigenvalue weighted by atomic mass is 9.98. The molecule has 0 aliphatic rings. The van der Waals surface area contributed by atoms with E-state index in [1.165, 1.54) is 0 Å². The van der Waals surface area contributed by atoms with E-state index in [2.05, 4.69) is 25.4 Å². The van der Waals surface area contributed by atoms with Gasteiger partial charge in [0.1, 0.15) is 0 Å². The molecule has 96 valence electrons. The highest BCUT2D eigenvalue weighted by Crippen LogP contribution is 2.16. The molecular formula is C8H17BrN2O4S. The molecule has 0 spiro atoms. The molecule has 0 saturated heterocycles. The van der Waals surface area contributed by atoms with Gasteiger partial charge in [-0.2, -0.15) is 13.1 Å². The van der Waals surface area contributed by atoms with Crippen LogP contribution in [0.2, 0.25) is 0 Å². The van der Waals surface area contributed by atoms with E-state index in [0.29, 0.717) is 5.33 Å². The number of carbonyl (C=O) groups excluding carboxylic acids is 1. The molecule has 0 unspecified atom stereocenters. The number of hydrogen-bond acceptors (Lipinski definition) is 4. The Morgan fingerprint density at radius 1 is 1.44 bits per heavy atom. The Morgan fingerprint density at radius 2 is 2.00 bits per heavy atom. The van der Waals surface area contributed by atoms with Gasteiger partial charge in [-0.1, -0.05) is 29.8 Å². The third-order valence-electron chi connectivity index (χ3n) is 1.60. The van der Waals surface area contributed by atoms with Gasteiger partial charge in [-0.15, -0.1) is 0 Å². The van der Waals surface area contributed by atoms with Crippen LogP contribution in [0.4, 0.5) is 4.79 Å². The third-order valence-corrected chi connectivity index (χ3v) is 4.07. The van der Waals surface area contributed by atoms with Gasteiger partial charge in [0.15, 0.2) is 0 Å². The maximum absolute atomic E-state index is 11.3. The van der Waals surface area contributed by atoms with Crippen molar-refractivity contribution in [2.24, 2.45) is 5.41 Å². The second-order valence-corrected chi connectivity index (χ2v) is 6.01. The summed E-state index contributed by atoms with van der Waals surface area (Å²) < 4.78 is 31.1. The van der Waals surface area contributed by atoms with E-state index in [0.717, 1.165) is 0 Å². The first kappa shape index (κ1) is 15.7. The number of ether oxygens (including phenoxy) is 1. The van der Waals surface area contributed by atoms with Crippen LogP contribution in [0, 0.1) is 5.41 Å². The standard InChI is InChI=1S/C8H17BrN2O4S/c1-4-15-7(12)11-16(13,14)10-6-8(2,3)5-9/h10H,4-6H2,1-3H3,(H,11,12). The zero-order valence-electron chi connectivity index (χ0n) is 9.54. The molecule has 1 amide bonds. The van der Waals surface area contributed by atoms with E-state index < -0.39 is 16.3 Å². The molecule has 0 rings (SSSR count). The van der Waals surface area contributed by atoms with Crippen LogP contribution in [0.1, 0.15) is 20.8 Å². The van der Waals surface area contributed by atoms with Crippen molar-refractivity contribution in [3.63, 3.8) is 0 Å². The number of carbonyl (C=O) groups is 1. The van der Waals surface area contributed by atoms with Gasteiger partial charge >= 0.3 is 16.3 Å². The summed E-state index contributed by atoms with van der Waals surface area (Å²) in [6, 6.07) is 0. The molecule has 0 bridgehead atoms. The molecule has 0 saturated carbocycles. The summed E-state index contributed by atoms with van der Waals surface area (Å²) in [5, 5.41) is 0.641. The molecule has 8 heteroatoms. The van der Waals surface area contributed by atoms with Crippen LogP contribution in [0.3, 0.4) is 0 Å². The van der Waals surface area contributed by atoms with Gasteiger partial charge in [0, 0.05) is 11.9 Å². The first-order valence-electron chi connectivity index (χ1n) is 4.72. The maximum Gasteiger partial charge on any atom is 0.421 e. The minimum Gasteiger partial charge on any atom is -0.449 e. The van der Waals surface area contributed by atoms with Gasteiger partial charge in [-0.3, -0.25) is 0 Å². The van der Waals surface area contributed by atoms with Crippen molar-refractivity contribution in [3.8, 4) is 0 Å². The van der Waals surface area contributed by atoms with Gasteiger partial charge in [0.2, 0.25) is 0 Å². The zero-order valence-corrected chi connectivity index (χ0v) is 11.9. The molecule has 0 aliphatic heterocycles. The van der Waals surface area contributed by atoms with Crippen LogP contribution in [-0.4, -0.2) is 33.0 Å². The van der Waals surface area contributed by atoms with Crippen LogP contribution >= 0.6 is 15.9 Å². The average molecular weight is 317 g/mol. The lowest BCUT2D eigenvalue weighted by molar-refractivity contribution is 0.158. The molecule has 6 nitrogen and oxygen atoms in total. The highest BCUT2D eigenvalue weighted by molar-refractivity contribution is 9.09. The Kier molecular flexibility index (Phi) is 6.27. The summed E-state index contributed by atoms with van der Waals surface area (Å²) >= 11 is 3.27. The Labute approximate surface area is 104 Å². The zero-order chi connectivity index (χ0) is 12.8. The molecule has 16 heavy (non-hydrogen) atoms. The largest absolute Gasteiger partial charge is 0.449 e. The van der Waals surface area contributed by atoms with E-state index in [9.17, 15) is 13.2 Å². The first-order valence-corrected chi connectivity index (χ1v) is 7.33. The van der Waals surface area contributed by atoms with Crippen molar-refractivity contribution >= 4 is 32.2 Å². The molecule has 0 heterocycles. The fourth-order valence-electron chi connectivity index (χ4n) is 0.644. The molecule has 0 fully saturated rings. The summed E-state index contributed by atoms with van der Waals surface area (Å²) in [4.78, 5) is 10.9. The molecule has 0 aliphatic carbocycles. The van der Waals surface area contributed by atoms with Crippen molar-refractivity contribution in [1.29, 1.82) is 0 Å². The monoisotopic (exact) mass is 316 g/mol. The number of alkyl halides is 1. The molecule has 0 radical (unpaired) electrons. The van der Waals surface area contributed by atoms with Crippen molar-refractivity contribution in [1.82, 2.24) is 9.44 Å². The van der Waals surface area contributed by atoms with Crippen molar-refractivity contribution < 1.29 is 17.9 Å². The maximum atomic E-state index is 11.3. The fourth-order valence-corrected chi connectivity index (χ4v) is 1.77. The van der Waals surface area contributed by atoms with E-state index in [1.807, 2.05) is 13.8 Å². The van der Waals surface area contributed by atoms with Crippen molar-refractivity contribution in [2.45, 2.75) is 20.8 Å². The molecular weight excluding hydrogens is 300 g/mol. The predicted octanol–water partition coefficient (Wildman–Crippen LogP) is 0.988. The van der Waals surface area contributed by atoms with Gasteiger partial charge in [-0.05, 0) is 12.3 Å². The normalized spacial score (nSPS) is 12.2. The van der Waals surface area contributed by atoms with E-state index >= 15 is 0 Å². The van der Waals surface area contributed by atoms with E-state index in [4.69, 9.17) is 0 Å². The minimum absolute atomic E-state index is 0.119. The highest BCUT2D eigenvalue weighted by atomic mass is 79.9. The minimum atomic E-state index is -3.84. The molecule has 2 N–H and O–H groups in total. The fraction of sp³-hybridized carbons (Fsp3) is 0.875. The molecule has 0 aromatic heterocycles. The van der Waals surface area contributed by atoms with Crippen LogP contribution in [0.15, 0.2) is 0 Å². The highest BCUT2D eigenvalue weighted by Gasteiger charge is 2.21. The summed E-state index contributed by atoms with van der Waals surface area (Å²) in [5.41, 5.74) is -0.233. The van der Waals surface area contributed by atoms with E-state index in [-0.39, 0.29) is 18.6 Å². The summed E-state index contributed by atoms with van der Waals surface area (Å²) in [6.45, 7) is 5.69. The summed E-state index contributed by atoms with van der Waals surface area (Å²) in [6.07, 6.45) is -0.980. The average Bonchev–Trinajstić information content (AvgIpc) is 2.15. The number of rotatable bonds is 6. The van der Waals surface area contributed by atoms with Crippen LogP contribution < -0.4 is 9.44 Å². The quantitative estimate of drug-likeness (QED) is 0.716. The summed E-state index contributed by atoms with van der Waals surface area (Å²) in [5.74, 6) is 0. The smallest absolute Gasteiger partial charge is 0.421 e.